The van der Waals surface area contributed by atoms with Gasteiger partial charge in [-0.15, -0.1) is 0 Å². The van der Waals surface area contributed by atoms with Crippen LogP contribution in [-0.2, 0) is 4.74 Å². The van der Waals surface area contributed by atoms with E-state index in [1.54, 1.807) is 0 Å². The molecule has 1 atom stereocenters. The molecule has 5 nitrogen and oxygen atoms in total. The van der Waals surface area contributed by atoms with Gasteiger partial charge >= 0.3 is 6.09 Å². The van der Waals surface area contributed by atoms with Crippen LogP contribution in [0.25, 0.3) is 0 Å². The summed E-state index contributed by atoms with van der Waals surface area (Å²) in [5.74, 6) is 0. The van der Waals surface area contributed by atoms with Crippen LogP contribution in [0, 0.1) is 0 Å². The van der Waals surface area contributed by atoms with Crippen LogP contribution in [0.1, 0.15) is 59.8 Å². The molecule has 0 bridgehead atoms. The Hall–Kier alpha value is -0.810. The van der Waals surface area contributed by atoms with Crippen molar-refractivity contribution in [1.29, 1.82) is 0 Å². The summed E-state index contributed by atoms with van der Waals surface area (Å²) in [4.78, 5) is 16.8. The van der Waals surface area contributed by atoms with E-state index in [4.69, 9.17) is 4.74 Å². The first kappa shape index (κ1) is 18.5. The van der Waals surface area contributed by atoms with Crippen molar-refractivity contribution < 1.29 is 9.53 Å². The summed E-state index contributed by atoms with van der Waals surface area (Å²) >= 11 is 0. The van der Waals surface area contributed by atoms with Gasteiger partial charge in [0.25, 0.3) is 0 Å². The molecule has 2 rings (SSSR count). The lowest BCUT2D eigenvalue weighted by molar-refractivity contribution is 0.0223. The van der Waals surface area contributed by atoms with Gasteiger partial charge in [0, 0.05) is 25.2 Å². The van der Waals surface area contributed by atoms with Crippen LogP contribution in [0.2, 0.25) is 0 Å². The average molecular weight is 325 g/mol. The third kappa shape index (κ3) is 5.96. The van der Waals surface area contributed by atoms with Crippen molar-refractivity contribution in [2.75, 3.05) is 32.7 Å². The van der Waals surface area contributed by atoms with E-state index in [1.165, 1.54) is 38.9 Å². The molecule has 1 unspecified atom stereocenters. The Kier molecular flexibility index (Phi) is 6.72. The Balaban J connectivity index is 1.73. The Labute approximate surface area is 141 Å². The summed E-state index contributed by atoms with van der Waals surface area (Å²) in [7, 11) is 0. The zero-order valence-corrected chi connectivity index (χ0v) is 15.4. The van der Waals surface area contributed by atoms with E-state index in [2.05, 4.69) is 17.1 Å². The number of ether oxygens (including phenoxy) is 1. The maximum absolute atomic E-state index is 12.3. The number of nitrogens with one attached hydrogen (secondary N) is 1. The zero-order chi connectivity index (χ0) is 16.9. The van der Waals surface area contributed by atoms with Crippen LogP contribution in [0.3, 0.4) is 0 Å². The second-order valence-corrected chi connectivity index (χ2v) is 7.99. The quantitative estimate of drug-likeness (QED) is 0.844. The number of carbonyl (C=O) groups excluding carboxylic acids is 1. The lowest BCUT2D eigenvalue weighted by Gasteiger charge is -2.34. The number of piperidine rings is 1. The van der Waals surface area contributed by atoms with E-state index in [9.17, 15) is 4.79 Å². The highest BCUT2D eigenvalue weighted by molar-refractivity contribution is 5.69. The van der Waals surface area contributed by atoms with Crippen LogP contribution in [0.4, 0.5) is 4.79 Å². The largest absolute Gasteiger partial charge is 0.444 e. The molecule has 134 valence electrons. The average Bonchev–Trinajstić information content (AvgIpc) is 2.94. The van der Waals surface area contributed by atoms with Gasteiger partial charge in [0.2, 0.25) is 0 Å². The van der Waals surface area contributed by atoms with Crippen LogP contribution in [0.15, 0.2) is 0 Å². The summed E-state index contributed by atoms with van der Waals surface area (Å²) < 4.78 is 5.54. The van der Waals surface area contributed by atoms with Crippen molar-refractivity contribution in [2.45, 2.75) is 77.5 Å². The standard InChI is InChI=1S/C18H35N3O2/c1-5-10-20-12-8-15(9-13-20)19-14-16-7-6-11-21(16)17(22)23-18(2,3)4/h15-16,19H,5-14H2,1-4H3. The van der Waals surface area contributed by atoms with Gasteiger partial charge in [-0.1, -0.05) is 6.92 Å². The van der Waals surface area contributed by atoms with Crippen molar-refractivity contribution in [2.24, 2.45) is 0 Å². The third-order valence-corrected chi connectivity index (χ3v) is 4.77. The van der Waals surface area contributed by atoms with E-state index in [1.807, 2.05) is 25.7 Å². The molecule has 0 aromatic rings. The van der Waals surface area contributed by atoms with Gasteiger partial charge in [0.15, 0.2) is 0 Å². The number of carbonyl (C=O) groups is 1. The maximum Gasteiger partial charge on any atom is 0.410 e. The van der Waals surface area contributed by atoms with Crippen LogP contribution >= 0.6 is 0 Å². The molecule has 1 N–H and O–H groups in total. The molecular formula is C18H35N3O2. The van der Waals surface area contributed by atoms with Gasteiger partial charge in [-0.2, -0.15) is 0 Å². The van der Waals surface area contributed by atoms with Crippen LogP contribution in [-0.4, -0.2) is 66.3 Å². The number of likely N-dealkylation sites (tertiary alicyclic amines) is 2. The fourth-order valence-electron chi connectivity index (χ4n) is 3.59. The Morgan fingerprint density at radius 1 is 1.17 bits per heavy atom. The third-order valence-electron chi connectivity index (χ3n) is 4.77. The minimum absolute atomic E-state index is 0.153. The van der Waals surface area contributed by atoms with E-state index in [0.29, 0.717) is 12.1 Å². The highest BCUT2D eigenvalue weighted by Gasteiger charge is 2.32. The zero-order valence-electron chi connectivity index (χ0n) is 15.4. The molecule has 2 heterocycles. The molecule has 0 aliphatic carbocycles. The first-order valence-electron chi connectivity index (χ1n) is 9.34. The summed E-state index contributed by atoms with van der Waals surface area (Å²) in [6, 6.07) is 0.891. The van der Waals surface area contributed by atoms with E-state index < -0.39 is 5.60 Å². The SMILES string of the molecule is CCCN1CCC(NCC2CCCN2C(=O)OC(C)(C)C)CC1. The molecule has 5 heteroatoms. The van der Waals surface area contributed by atoms with Crippen LogP contribution < -0.4 is 5.32 Å². The number of hydrogen-bond donors (Lipinski definition) is 1. The Morgan fingerprint density at radius 3 is 2.48 bits per heavy atom. The molecule has 0 aromatic heterocycles. The van der Waals surface area contributed by atoms with E-state index in [-0.39, 0.29) is 6.09 Å². The van der Waals surface area contributed by atoms with Gasteiger partial charge in [-0.05, 0) is 72.5 Å². The Morgan fingerprint density at radius 2 is 1.87 bits per heavy atom. The molecule has 2 aliphatic heterocycles. The van der Waals surface area contributed by atoms with Crippen molar-refractivity contribution in [3.63, 3.8) is 0 Å². The molecule has 1 amide bonds. The van der Waals surface area contributed by atoms with E-state index >= 15 is 0 Å². The lowest BCUT2D eigenvalue weighted by atomic mass is 10.0. The fourth-order valence-corrected chi connectivity index (χ4v) is 3.59. The number of rotatable bonds is 5. The first-order valence-corrected chi connectivity index (χ1v) is 9.34. The van der Waals surface area contributed by atoms with Crippen molar-refractivity contribution in [3.8, 4) is 0 Å². The minimum Gasteiger partial charge on any atom is -0.444 e. The van der Waals surface area contributed by atoms with E-state index in [0.717, 1.165) is 25.9 Å². The van der Waals surface area contributed by atoms with Crippen molar-refractivity contribution in [1.82, 2.24) is 15.1 Å². The molecule has 0 saturated carbocycles. The molecule has 2 saturated heterocycles. The second kappa shape index (κ2) is 8.34. The molecule has 0 spiro atoms. The summed E-state index contributed by atoms with van der Waals surface area (Å²) in [5.41, 5.74) is -0.413. The summed E-state index contributed by atoms with van der Waals surface area (Å²) in [6.07, 6.45) is 5.70. The highest BCUT2D eigenvalue weighted by atomic mass is 16.6. The van der Waals surface area contributed by atoms with Crippen molar-refractivity contribution in [3.05, 3.63) is 0 Å². The molecule has 2 fully saturated rings. The van der Waals surface area contributed by atoms with Crippen LogP contribution in [0.5, 0.6) is 0 Å². The van der Waals surface area contributed by atoms with Gasteiger partial charge in [0.1, 0.15) is 5.60 Å². The lowest BCUT2D eigenvalue weighted by Crippen LogP contribution is -2.48. The molecule has 0 aromatic carbocycles. The second-order valence-electron chi connectivity index (χ2n) is 7.99. The molecule has 2 aliphatic rings. The minimum atomic E-state index is -0.413. The summed E-state index contributed by atoms with van der Waals surface area (Å²) in [6.45, 7) is 13.4. The number of hydrogen-bond acceptors (Lipinski definition) is 4. The molecular weight excluding hydrogens is 290 g/mol. The molecule has 23 heavy (non-hydrogen) atoms. The monoisotopic (exact) mass is 325 g/mol. The topological polar surface area (TPSA) is 44.8 Å². The van der Waals surface area contributed by atoms with Gasteiger partial charge in [-0.3, -0.25) is 0 Å². The smallest absolute Gasteiger partial charge is 0.410 e. The maximum atomic E-state index is 12.3. The predicted octanol–water partition coefficient (Wildman–Crippen LogP) is 2.85. The first-order chi connectivity index (χ1) is 10.9. The predicted molar refractivity (Wildman–Crippen MR) is 93.7 cm³/mol. The fraction of sp³-hybridized carbons (Fsp3) is 0.944. The Bertz CT molecular complexity index is 373. The molecule has 0 radical (unpaired) electrons. The highest BCUT2D eigenvalue weighted by Crippen LogP contribution is 2.21. The number of amides is 1. The van der Waals surface area contributed by atoms with Crippen molar-refractivity contribution >= 4 is 6.09 Å². The number of nitrogens with zero attached hydrogens (tertiary/aromatic N) is 2. The normalized spacial score (nSPS) is 24.2. The van der Waals surface area contributed by atoms with Gasteiger partial charge < -0.3 is 19.9 Å². The van der Waals surface area contributed by atoms with Gasteiger partial charge in [-0.25, -0.2) is 4.79 Å². The van der Waals surface area contributed by atoms with Gasteiger partial charge in [0.05, 0.1) is 0 Å². The summed E-state index contributed by atoms with van der Waals surface area (Å²) in [5, 5.41) is 3.70.